The summed E-state index contributed by atoms with van der Waals surface area (Å²) in [6.07, 6.45) is 0. The van der Waals surface area contributed by atoms with Gasteiger partial charge in [-0.15, -0.1) is 11.3 Å². The van der Waals surface area contributed by atoms with Crippen LogP contribution in [0.25, 0.3) is 0 Å². The van der Waals surface area contributed by atoms with Gasteiger partial charge in [-0.25, -0.2) is 0 Å². The molecule has 0 amide bonds. The zero-order chi connectivity index (χ0) is 13.3. The summed E-state index contributed by atoms with van der Waals surface area (Å²) in [6.45, 7) is 11.5. The van der Waals surface area contributed by atoms with Gasteiger partial charge in [-0.2, -0.15) is 0 Å². The van der Waals surface area contributed by atoms with Gasteiger partial charge in [-0.05, 0) is 51.9 Å². The van der Waals surface area contributed by atoms with E-state index in [1.165, 1.54) is 20.9 Å². The Kier molecular flexibility index (Phi) is 3.93. The molecule has 2 heterocycles. The Morgan fingerprint density at radius 2 is 1.94 bits per heavy atom. The third-order valence-corrected chi connectivity index (χ3v) is 4.49. The van der Waals surface area contributed by atoms with Crippen LogP contribution in [0.4, 0.5) is 0 Å². The second-order valence-electron chi connectivity index (χ2n) is 4.75. The van der Waals surface area contributed by atoms with E-state index >= 15 is 0 Å². The van der Waals surface area contributed by atoms with E-state index in [0.717, 1.165) is 18.1 Å². The molecule has 1 N–H and O–H groups in total. The fraction of sp³-hybridized carbons (Fsp3) is 0.467. The van der Waals surface area contributed by atoms with Gasteiger partial charge < -0.3 is 9.73 Å². The summed E-state index contributed by atoms with van der Waals surface area (Å²) in [6, 6.07) is 4.69. The van der Waals surface area contributed by atoms with Gasteiger partial charge in [0.1, 0.15) is 11.5 Å². The molecule has 2 aromatic rings. The third-order valence-electron chi connectivity index (χ3n) is 3.27. The Balaban J connectivity index is 2.42. The molecule has 2 nitrogen and oxygen atoms in total. The molecule has 1 unspecified atom stereocenters. The lowest BCUT2D eigenvalue weighted by Crippen LogP contribution is -2.21. The van der Waals surface area contributed by atoms with Crippen molar-refractivity contribution in [3.8, 4) is 0 Å². The number of rotatable bonds is 4. The standard InChI is InChI=1S/C15H21NOS/c1-6-16-15(13-8-10(3)17-11(13)4)14-7-9(2)12(5)18-14/h7-8,15-16H,6H2,1-5H3. The molecule has 1 atom stereocenters. The maximum atomic E-state index is 5.66. The van der Waals surface area contributed by atoms with Gasteiger partial charge in [0.2, 0.25) is 0 Å². The Labute approximate surface area is 113 Å². The number of hydrogen-bond donors (Lipinski definition) is 1. The second kappa shape index (κ2) is 5.29. The largest absolute Gasteiger partial charge is 0.466 e. The zero-order valence-corrected chi connectivity index (χ0v) is 12.6. The molecule has 0 saturated carbocycles. The molecule has 3 heteroatoms. The van der Waals surface area contributed by atoms with E-state index in [1.54, 1.807) is 0 Å². The van der Waals surface area contributed by atoms with Crippen LogP contribution in [0, 0.1) is 27.7 Å². The van der Waals surface area contributed by atoms with E-state index in [1.807, 2.05) is 25.2 Å². The SMILES string of the molecule is CCNC(c1cc(C)c(C)s1)c1cc(C)oc1C. The lowest BCUT2D eigenvalue weighted by Gasteiger charge is -2.15. The van der Waals surface area contributed by atoms with E-state index in [-0.39, 0.29) is 6.04 Å². The highest BCUT2D eigenvalue weighted by Gasteiger charge is 2.20. The van der Waals surface area contributed by atoms with Gasteiger partial charge in [0.25, 0.3) is 0 Å². The fourth-order valence-electron chi connectivity index (χ4n) is 2.25. The summed E-state index contributed by atoms with van der Waals surface area (Å²) in [4.78, 5) is 2.77. The highest BCUT2D eigenvalue weighted by molar-refractivity contribution is 7.12. The quantitative estimate of drug-likeness (QED) is 0.891. The van der Waals surface area contributed by atoms with Crippen LogP contribution in [-0.2, 0) is 0 Å². The summed E-state index contributed by atoms with van der Waals surface area (Å²) in [5, 5.41) is 3.56. The van der Waals surface area contributed by atoms with E-state index in [2.05, 4.69) is 38.2 Å². The first-order chi connectivity index (χ1) is 8.52. The van der Waals surface area contributed by atoms with Crippen molar-refractivity contribution in [1.29, 1.82) is 0 Å². The molecule has 0 aliphatic carbocycles. The van der Waals surface area contributed by atoms with Crippen LogP contribution >= 0.6 is 11.3 Å². The Bertz CT molecular complexity index is 519. The van der Waals surface area contributed by atoms with Crippen LogP contribution < -0.4 is 5.32 Å². The normalized spacial score (nSPS) is 12.9. The van der Waals surface area contributed by atoms with Crippen molar-refractivity contribution in [1.82, 2.24) is 5.32 Å². The highest BCUT2D eigenvalue weighted by Crippen LogP contribution is 2.33. The van der Waals surface area contributed by atoms with Crippen LogP contribution in [-0.4, -0.2) is 6.54 Å². The summed E-state index contributed by atoms with van der Waals surface area (Å²) < 4.78 is 5.66. The van der Waals surface area contributed by atoms with Crippen molar-refractivity contribution in [2.24, 2.45) is 0 Å². The van der Waals surface area contributed by atoms with E-state index in [4.69, 9.17) is 4.42 Å². The van der Waals surface area contributed by atoms with E-state index in [9.17, 15) is 0 Å². The maximum absolute atomic E-state index is 5.66. The first-order valence-electron chi connectivity index (χ1n) is 6.40. The van der Waals surface area contributed by atoms with E-state index < -0.39 is 0 Å². The molecule has 98 valence electrons. The summed E-state index contributed by atoms with van der Waals surface area (Å²) in [5.41, 5.74) is 2.63. The molecule has 0 spiro atoms. The Morgan fingerprint density at radius 1 is 1.22 bits per heavy atom. The minimum atomic E-state index is 0.254. The first-order valence-corrected chi connectivity index (χ1v) is 7.21. The van der Waals surface area contributed by atoms with Crippen molar-refractivity contribution in [3.05, 3.63) is 44.5 Å². The topological polar surface area (TPSA) is 25.2 Å². The smallest absolute Gasteiger partial charge is 0.106 e. The number of hydrogen-bond acceptors (Lipinski definition) is 3. The number of furan rings is 1. The molecular formula is C15H21NOS. The van der Waals surface area contributed by atoms with Gasteiger partial charge in [0.05, 0.1) is 6.04 Å². The predicted octanol–water partition coefficient (Wildman–Crippen LogP) is 4.27. The molecule has 2 aromatic heterocycles. The van der Waals surface area contributed by atoms with Crippen LogP contribution in [0.15, 0.2) is 16.5 Å². The van der Waals surface area contributed by atoms with Gasteiger partial charge in [-0.3, -0.25) is 0 Å². The summed E-state index contributed by atoms with van der Waals surface area (Å²) >= 11 is 1.87. The number of aryl methyl sites for hydroxylation is 4. The second-order valence-corrected chi connectivity index (χ2v) is 6.04. The van der Waals surface area contributed by atoms with Gasteiger partial charge in [0.15, 0.2) is 0 Å². The van der Waals surface area contributed by atoms with Crippen molar-refractivity contribution in [3.63, 3.8) is 0 Å². The summed E-state index contributed by atoms with van der Waals surface area (Å²) in [5.74, 6) is 2.00. The maximum Gasteiger partial charge on any atom is 0.106 e. The van der Waals surface area contributed by atoms with Gasteiger partial charge in [-0.1, -0.05) is 6.92 Å². The fourth-order valence-corrected chi connectivity index (χ4v) is 3.39. The number of thiophene rings is 1. The van der Waals surface area contributed by atoms with Crippen LogP contribution in [0.2, 0.25) is 0 Å². The molecule has 0 bridgehead atoms. The zero-order valence-electron chi connectivity index (χ0n) is 11.8. The van der Waals surface area contributed by atoms with Crippen molar-refractivity contribution < 1.29 is 4.42 Å². The monoisotopic (exact) mass is 263 g/mol. The Hall–Kier alpha value is -1.06. The van der Waals surface area contributed by atoms with Crippen LogP contribution in [0.1, 0.15) is 45.4 Å². The van der Waals surface area contributed by atoms with Crippen molar-refractivity contribution in [2.75, 3.05) is 6.54 Å². The minimum Gasteiger partial charge on any atom is -0.466 e. The van der Waals surface area contributed by atoms with Crippen molar-refractivity contribution in [2.45, 2.75) is 40.7 Å². The molecular weight excluding hydrogens is 242 g/mol. The minimum absolute atomic E-state index is 0.254. The molecule has 0 aliphatic rings. The lowest BCUT2D eigenvalue weighted by molar-refractivity contribution is 0.495. The molecule has 18 heavy (non-hydrogen) atoms. The molecule has 0 aromatic carbocycles. The number of nitrogens with one attached hydrogen (secondary N) is 1. The van der Waals surface area contributed by atoms with Gasteiger partial charge in [0, 0.05) is 15.3 Å². The van der Waals surface area contributed by atoms with Gasteiger partial charge >= 0.3 is 0 Å². The Morgan fingerprint density at radius 3 is 2.39 bits per heavy atom. The van der Waals surface area contributed by atoms with E-state index in [0.29, 0.717) is 0 Å². The van der Waals surface area contributed by atoms with Crippen molar-refractivity contribution >= 4 is 11.3 Å². The summed E-state index contributed by atoms with van der Waals surface area (Å²) in [7, 11) is 0. The first kappa shape index (κ1) is 13.4. The van der Waals surface area contributed by atoms with Crippen LogP contribution in [0.3, 0.4) is 0 Å². The van der Waals surface area contributed by atoms with Crippen LogP contribution in [0.5, 0.6) is 0 Å². The lowest BCUT2D eigenvalue weighted by atomic mass is 10.1. The highest BCUT2D eigenvalue weighted by atomic mass is 32.1. The molecule has 0 fully saturated rings. The molecule has 2 rings (SSSR count). The third kappa shape index (κ3) is 2.52. The predicted molar refractivity (Wildman–Crippen MR) is 77.5 cm³/mol. The molecule has 0 aliphatic heterocycles. The average molecular weight is 263 g/mol. The molecule has 0 radical (unpaired) electrons. The average Bonchev–Trinajstić information content (AvgIpc) is 2.79. The molecule has 0 saturated heterocycles.